The van der Waals surface area contributed by atoms with E-state index >= 15 is 0 Å². The lowest BCUT2D eigenvalue weighted by atomic mass is 9.83. The van der Waals surface area contributed by atoms with Crippen LogP contribution in [0.4, 0.5) is 0 Å². The Bertz CT molecular complexity index is 981. The van der Waals surface area contributed by atoms with Gasteiger partial charge >= 0.3 is 0 Å². The van der Waals surface area contributed by atoms with Crippen molar-refractivity contribution in [3.8, 4) is 0 Å². The highest BCUT2D eigenvalue weighted by molar-refractivity contribution is 8.01. The molecule has 3 atom stereocenters. The molecular formula is C26H38N6O3S. The Labute approximate surface area is 217 Å². The molecule has 1 aliphatic carbocycles. The first-order valence-electron chi connectivity index (χ1n) is 13.0. The maximum absolute atomic E-state index is 13.9. The minimum atomic E-state index is -0.602. The zero-order valence-electron chi connectivity index (χ0n) is 21.4. The summed E-state index contributed by atoms with van der Waals surface area (Å²) in [7, 11) is 3.62. The van der Waals surface area contributed by atoms with Crippen LogP contribution in [0.3, 0.4) is 0 Å². The van der Waals surface area contributed by atoms with Crippen molar-refractivity contribution in [2.75, 3.05) is 20.6 Å². The van der Waals surface area contributed by atoms with E-state index in [1.165, 1.54) is 11.9 Å². The number of hydrogen-bond donors (Lipinski definition) is 4. The summed E-state index contributed by atoms with van der Waals surface area (Å²) < 4.78 is 1.84. The Morgan fingerprint density at radius 1 is 1.06 bits per heavy atom. The van der Waals surface area contributed by atoms with Gasteiger partial charge in [-0.25, -0.2) is 0 Å². The molecule has 2 fully saturated rings. The summed E-state index contributed by atoms with van der Waals surface area (Å²) in [5.74, 6) is -0.413. The molecular weight excluding hydrogens is 476 g/mol. The number of likely N-dealkylation sites (tertiary alicyclic amines) is 1. The number of nitrogens with one attached hydrogen (secondary N) is 4. The highest BCUT2D eigenvalue weighted by Crippen LogP contribution is 2.33. The van der Waals surface area contributed by atoms with Crippen LogP contribution in [0.2, 0.25) is 0 Å². The van der Waals surface area contributed by atoms with E-state index in [4.69, 9.17) is 0 Å². The molecule has 0 aromatic heterocycles. The molecule has 2 aliphatic heterocycles. The third-order valence-electron chi connectivity index (χ3n) is 7.37. The van der Waals surface area contributed by atoms with E-state index in [-0.39, 0.29) is 23.6 Å². The number of rotatable bonds is 8. The van der Waals surface area contributed by atoms with Gasteiger partial charge in [0.05, 0.1) is 11.7 Å². The third-order valence-corrected chi connectivity index (χ3v) is 8.23. The zero-order chi connectivity index (χ0) is 25.7. The summed E-state index contributed by atoms with van der Waals surface area (Å²) in [5, 5.41) is 9.77. The fraction of sp³-hybridized carbons (Fsp3) is 0.577. The summed E-state index contributed by atoms with van der Waals surface area (Å²) in [6.45, 7) is 2.31. The van der Waals surface area contributed by atoms with E-state index in [0.29, 0.717) is 18.0 Å². The van der Waals surface area contributed by atoms with Gasteiger partial charge in [-0.3, -0.25) is 14.4 Å². The number of benzene rings is 1. The van der Waals surface area contributed by atoms with Crippen molar-refractivity contribution in [3.05, 3.63) is 40.9 Å². The van der Waals surface area contributed by atoms with Crippen LogP contribution in [0.15, 0.2) is 35.4 Å². The number of amides is 3. The van der Waals surface area contributed by atoms with Gasteiger partial charge in [0.25, 0.3) is 0 Å². The fourth-order valence-electron chi connectivity index (χ4n) is 5.23. The molecule has 36 heavy (non-hydrogen) atoms. The van der Waals surface area contributed by atoms with Crippen molar-refractivity contribution >= 4 is 35.4 Å². The smallest absolute Gasteiger partial charge is 0.247 e. The Morgan fingerprint density at radius 3 is 2.47 bits per heavy atom. The van der Waals surface area contributed by atoms with Gasteiger partial charge in [0.15, 0.2) is 0 Å². The molecule has 0 unspecified atom stereocenters. The Kier molecular flexibility index (Phi) is 8.92. The number of likely N-dealkylation sites (N-methyl/N-ethyl adjacent to an activating group) is 1. The highest BCUT2D eigenvalue weighted by atomic mass is 32.2. The number of hydrogen-bond acceptors (Lipinski definition) is 7. The van der Waals surface area contributed by atoms with Crippen LogP contribution in [-0.2, 0) is 14.4 Å². The second-order valence-corrected chi connectivity index (χ2v) is 11.0. The number of nitrogens with zero attached hydrogens (tertiary/aromatic N) is 2. The van der Waals surface area contributed by atoms with E-state index in [1.807, 2.05) is 41.8 Å². The van der Waals surface area contributed by atoms with Crippen LogP contribution in [0.5, 0.6) is 0 Å². The zero-order valence-corrected chi connectivity index (χ0v) is 22.2. The first kappa shape index (κ1) is 26.5. The molecule has 0 radical (unpaired) electrons. The van der Waals surface area contributed by atoms with Crippen LogP contribution >= 0.6 is 11.9 Å². The maximum Gasteiger partial charge on any atom is 0.247 e. The monoisotopic (exact) mass is 514 g/mol. The van der Waals surface area contributed by atoms with Crippen molar-refractivity contribution in [2.24, 2.45) is 5.92 Å². The molecule has 1 saturated carbocycles. The first-order valence-corrected chi connectivity index (χ1v) is 13.7. The van der Waals surface area contributed by atoms with Crippen molar-refractivity contribution < 1.29 is 14.4 Å². The van der Waals surface area contributed by atoms with E-state index in [9.17, 15) is 14.4 Å². The molecule has 2 heterocycles. The van der Waals surface area contributed by atoms with Crippen molar-refractivity contribution in [2.45, 2.75) is 70.0 Å². The minimum Gasteiger partial charge on any atom is -0.343 e. The topological polar surface area (TPSA) is 106 Å². The fourth-order valence-corrected chi connectivity index (χ4v) is 6.05. The highest BCUT2D eigenvalue weighted by Gasteiger charge is 2.41. The average Bonchev–Trinajstić information content (AvgIpc) is 3.54. The van der Waals surface area contributed by atoms with Crippen LogP contribution < -0.4 is 21.4 Å². The standard InChI is InChI=1S/C26H38N6O3S/c1-17(27-2)23(33)28-22(19-13-8-5-9-14-19)26(35)32-16-10-15-20(32)24(34)29-25-21(30-31(3)36-25)18-11-6-4-7-12-18/h4,6-7,11-12,17,19-20,22,27,30H,5,8-10,13-16H2,1-3H3,(H,28,33)(H,29,34)/t17-,20+,22-/m0/s1. The average molecular weight is 515 g/mol. The lowest BCUT2D eigenvalue weighted by Crippen LogP contribution is -2.58. The van der Waals surface area contributed by atoms with Crippen LogP contribution in [0, 0.1) is 5.92 Å². The molecule has 1 aromatic rings. The van der Waals surface area contributed by atoms with Gasteiger partial charge in [0.1, 0.15) is 17.1 Å². The third kappa shape index (κ3) is 6.04. The van der Waals surface area contributed by atoms with Crippen molar-refractivity contribution in [3.63, 3.8) is 0 Å². The molecule has 1 saturated heterocycles. The van der Waals surface area contributed by atoms with Gasteiger partial charge in [-0.15, -0.1) is 0 Å². The van der Waals surface area contributed by atoms with Crippen molar-refractivity contribution in [1.82, 2.24) is 30.7 Å². The number of carbonyl (C=O) groups excluding carboxylic acids is 3. The van der Waals surface area contributed by atoms with Crippen molar-refractivity contribution in [1.29, 1.82) is 0 Å². The quantitative estimate of drug-likeness (QED) is 0.394. The predicted molar refractivity (Wildman–Crippen MR) is 142 cm³/mol. The molecule has 10 heteroatoms. The predicted octanol–water partition coefficient (Wildman–Crippen LogP) is 2.19. The van der Waals surface area contributed by atoms with Gasteiger partial charge in [-0.2, -0.15) is 4.41 Å². The molecule has 3 aliphatic rings. The Balaban J connectivity index is 1.51. The molecule has 0 spiro atoms. The largest absolute Gasteiger partial charge is 0.343 e. The summed E-state index contributed by atoms with van der Waals surface area (Å²) >= 11 is 1.41. The van der Waals surface area contributed by atoms with Gasteiger partial charge in [0.2, 0.25) is 17.7 Å². The second kappa shape index (κ2) is 12.1. The SMILES string of the molecule is CN[C@@H](C)C(=O)N[C@H](C(=O)N1CCC[C@@H]1C(=O)NC1=C(c2ccccc2)NN(C)S1)C1CCCCC1. The van der Waals surface area contributed by atoms with Gasteiger partial charge in [-0.1, -0.05) is 49.6 Å². The minimum absolute atomic E-state index is 0.0965. The second-order valence-electron chi connectivity index (χ2n) is 9.84. The number of hydrazine groups is 1. The lowest BCUT2D eigenvalue weighted by Gasteiger charge is -2.35. The Hall–Kier alpha value is -2.56. The van der Waals surface area contributed by atoms with E-state index < -0.39 is 18.1 Å². The summed E-state index contributed by atoms with van der Waals surface area (Å²) in [5.41, 5.74) is 5.09. The summed E-state index contributed by atoms with van der Waals surface area (Å²) in [6, 6.07) is 8.29. The molecule has 1 aromatic carbocycles. The molecule has 4 N–H and O–H groups in total. The van der Waals surface area contributed by atoms with E-state index in [0.717, 1.165) is 49.8 Å². The van der Waals surface area contributed by atoms with Gasteiger partial charge in [-0.05, 0) is 57.5 Å². The summed E-state index contributed by atoms with van der Waals surface area (Å²) in [6.07, 6.45) is 6.48. The maximum atomic E-state index is 13.9. The molecule has 3 amide bonds. The lowest BCUT2D eigenvalue weighted by molar-refractivity contribution is -0.143. The number of carbonyl (C=O) groups is 3. The van der Waals surface area contributed by atoms with Crippen LogP contribution in [-0.4, -0.2) is 65.8 Å². The van der Waals surface area contributed by atoms with Crippen LogP contribution in [0.25, 0.3) is 5.70 Å². The van der Waals surface area contributed by atoms with Gasteiger partial charge < -0.3 is 26.3 Å². The molecule has 9 nitrogen and oxygen atoms in total. The molecule has 4 rings (SSSR count). The molecule has 0 bridgehead atoms. The summed E-state index contributed by atoms with van der Waals surface area (Å²) in [4.78, 5) is 41.8. The normalized spacial score (nSPS) is 22.8. The van der Waals surface area contributed by atoms with Crippen LogP contribution in [0.1, 0.15) is 57.4 Å². The van der Waals surface area contributed by atoms with E-state index in [2.05, 4.69) is 21.4 Å². The first-order chi connectivity index (χ1) is 17.4. The van der Waals surface area contributed by atoms with Gasteiger partial charge in [0, 0.05) is 19.2 Å². The molecule has 196 valence electrons. The van der Waals surface area contributed by atoms with E-state index in [1.54, 1.807) is 18.9 Å². The Morgan fingerprint density at radius 2 is 1.78 bits per heavy atom.